The average molecular weight is 300 g/mol. The smallest absolute Gasteiger partial charge is 0.251 e. The van der Waals surface area contributed by atoms with Crippen LogP contribution in [0.4, 0.5) is 0 Å². The van der Waals surface area contributed by atoms with Gasteiger partial charge < -0.3 is 15.1 Å². The number of benzene rings is 1. The fourth-order valence-electron chi connectivity index (χ4n) is 2.53. The second-order valence-corrected chi connectivity index (χ2v) is 5.80. The molecule has 0 radical (unpaired) electrons. The van der Waals surface area contributed by atoms with Gasteiger partial charge in [-0.3, -0.25) is 4.79 Å². The Morgan fingerprint density at radius 1 is 1.18 bits per heavy atom. The maximum Gasteiger partial charge on any atom is 0.251 e. The van der Waals surface area contributed by atoms with Gasteiger partial charge >= 0.3 is 0 Å². The lowest BCUT2D eigenvalue weighted by Crippen LogP contribution is -2.44. The van der Waals surface area contributed by atoms with Crippen molar-refractivity contribution in [1.29, 1.82) is 5.26 Å². The SMILES string of the molecule is CN1CCN(CCCCNC(=O)c2ccc(C#N)cc2)CC1. The molecule has 1 aromatic carbocycles. The van der Waals surface area contributed by atoms with Gasteiger partial charge in [0, 0.05) is 38.3 Å². The fraction of sp³-hybridized carbons (Fsp3) is 0.529. The highest BCUT2D eigenvalue weighted by atomic mass is 16.1. The number of carbonyl (C=O) groups is 1. The number of nitriles is 1. The fourth-order valence-corrected chi connectivity index (χ4v) is 2.53. The number of rotatable bonds is 6. The molecule has 1 aliphatic heterocycles. The minimum Gasteiger partial charge on any atom is -0.352 e. The summed E-state index contributed by atoms with van der Waals surface area (Å²) in [4.78, 5) is 16.8. The molecule has 5 nitrogen and oxygen atoms in total. The van der Waals surface area contributed by atoms with Crippen molar-refractivity contribution in [3.8, 4) is 6.07 Å². The average Bonchev–Trinajstić information content (AvgIpc) is 2.56. The van der Waals surface area contributed by atoms with E-state index in [1.807, 2.05) is 6.07 Å². The number of carbonyl (C=O) groups excluding carboxylic acids is 1. The van der Waals surface area contributed by atoms with Crippen molar-refractivity contribution in [2.45, 2.75) is 12.8 Å². The van der Waals surface area contributed by atoms with E-state index < -0.39 is 0 Å². The Labute approximate surface area is 132 Å². The number of piperazine rings is 1. The maximum absolute atomic E-state index is 11.9. The lowest BCUT2D eigenvalue weighted by molar-refractivity contribution is 0.0952. The molecule has 1 aromatic rings. The summed E-state index contributed by atoms with van der Waals surface area (Å²) < 4.78 is 0. The summed E-state index contributed by atoms with van der Waals surface area (Å²) in [6, 6.07) is 8.77. The second kappa shape index (κ2) is 8.52. The molecule has 0 aromatic heterocycles. The Morgan fingerprint density at radius 2 is 1.86 bits per heavy atom. The van der Waals surface area contributed by atoms with Gasteiger partial charge in [0.05, 0.1) is 11.6 Å². The number of nitrogens with one attached hydrogen (secondary N) is 1. The van der Waals surface area contributed by atoms with Gasteiger partial charge in [-0.2, -0.15) is 5.26 Å². The van der Waals surface area contributed by atoms with Crippen LogP contribution in [0.2, 0.25) is 0 Å². The largest absolute Gasteiger partial charge is 0.352 e. The molecule has 1 aliphatic rings. The van der Waals surface area contributed by atoms with Crippen molar-refractivity contribution in [3.05, 3.63) is 35.4 Å². The van der Waals surface area contributed by atoms with Crippen molar-refractivity contribution in [3.63, 3.8) is 0 Å². The van der Waals surface area contributed by atoms with Gasteiger partial charge in [-0.25, -0.2) is 0 Å². The Hall–Kier alpha value is -1.90. The van der Waals surface area contributed by atoms with Crippen LogP contribution in [-0.2, 0) is 0 Å². The van der Waals surface area contributed by atoms with E-state index in [-0.39, 0.29) is 5.91 Å². The van der Waals surface area contributed by atoms with E-state index >= 15 is 0 Å². The highest BCUT2D eigenvalue weighted by Gasteiger charge is 2.12. The van der Waals surface area contributed by atoms with E-state index in [0.29, 0.717) is 17.7 Å². The molecule has 1 fully saturated rings. The first kappa shape index (κ1) is 16.5. The van der Waals surface area contributed by atoms with E-state index in [0.717, 1.165) is 45.6 Å². The van der Waals surface area contributed by atoms with Crippen LogP contribution >= 0.6 is 0 Å². The zero-order chi connectivity index (χ0) is 15.8. The van der Waals surface area contributed by atoms with Gasteiger partial charge in [-0.1, -0.05) is 0 Å². The van der Waals surface area contributed by atoms with Crippen LogP contribution in [0.15, 0.2) is 24.3 Å². The zero-order valence-electron chi connectivity index (χ0n) is 13.2. The summed E-state index contributed by atoms with van der Waals surface area (Å²) in [5.41, 5.74) is 1.18. The van der Waals surface area contributed by atoms with Crippen molar-refractivity contribution < 1.29 is 4.79 Å². The van der Waals surface area contributed by atoms with Gasteiger partial charge in [-0.15, -0.1) is 0 Å². The molecule has 0 spiro atoms. The summed E-state index contributed by atoms with van der Waals surface area (Å²) in [7, 11) is 2.16. The Morgan fingerprint density at radius 3 is 2.50 bits per heavy atom. The predicted molar refractivity (Wildman–Crippen MR) is 86.7 cm³/mol. The lowest BCUT2D eigenvalue weighted by Gasteiger charge is -2.32. The molecule has 0 atom stereocenters. The first-order valence-corrected chi connectivity index (χ1v) is 7.88. The molecule has 1 N–H and O–H groups in total. The third-order valence-electron chi connectivity index (χ3n) is 4.06. The number of unbranched alkanes of at least 4 members (excludes halogenated alkanes) is 1. The highest BCUT2D eigenvalue weighted by Crippen LogP contribution is 2.04. The molecule has 0 aliphatic carbocycles. The minimum atomic E-state index is -0.0657. The molecule has 22 heavy (non-hydrogen) atoms. The second-order valence-electron chi connectivity index (χ2n) is 5.80. The van der Waals surface area contributed by atoms with Crippen LogP contribution in [0.3, 0.4) is 0 Å². The molecular weight excluding hydrogens is 276 g/mol. The quantitative estimate of drug-likeness (QED) is 0.805. The number of amides is 1. The van der Waals surface area contributed by atoms with Gasteiger partial charge in [-0.05, 0) is 50.7 Å². The van der Waals surface area contributed by atoms with E-state index in [1.165, 1.54) is 0 Å². The summed E-state index contributed by atoms with van der Waals surface area (Å²) >= 11 is 0. The van der Waals surface area contributed by atoms with E-state index in [2.05, 4.69) is 22.2 Å². The number of hydrogen-bond acceptors (Lipinski definition) is 4. The topological polar surface area (TPSA) is 59.4 Å². The van der Waals surface area contributed by atoms with Crippen molar-refractivity contribution in [2.24, 2.45) is 0 Å². The van der Waals surface area contributed by atoms with Gasteiger partial charge in [0.1, 0.15) is 0 Å². The standard InChI is InChI=1S/C17H24N4O/c1-20-10-12-21(13-11-20)9-3-2-8-19-17(22)16-6-4-15(14-18)5-7-16/h4-7H,2-3,8-13H2,1H3,(H,19,22). The van der Waals surface area contributed by atoms with Crippen LogP contribution in [-0.4, -0.2) is 62.0 Å². The van der Waals surface area contributed by atoms with Gasteiger partial charge in [0.25, 0.3) is 5.91 Å². The Balaban J connectivity index is 1.60. The summed E-state index contributed by atoms with van der Waals surface area (Å²) in [6.07, 6.45) is 2.10. The van der Waals surface area contributed by atoms with Crippen LogP contribution in [0.1, 0.15) is 28.8 Å². The van der Waals surface area contributed by atoms with Crippen LogP contribution in [0.5, 0.6) is 0 Å². The lowest BCUT2D eigenvalue weighted by atomic mass is 10.1. The Kier molecular flexibility index (Phi) is 6.38. The zero-order valence-corrected chi connectivity index (χ0v) is 13.2. The molecular formula is C17H24N4O. The van der Waals surface area contributed by atoms with E-state index in [1.54, 1.807) is 24.3 Å². The molecule has 0 bridgehead atoms. The third-order valence-corrected chi connectivity index (χ3v) is 4.06. The van der Waals surface area contributed by atoms with Crippen LogP contribution < -0.4 is 5.32 Å². The monoisotopic (exact) mass is 300 g/mol. The molecule has 118 valence electrons. The van der Waals surface area contributed by atoms with Crippen molar-refractivity contribution >= 4 is 5.91 Å². The predicted octanol–water partition coefficient (Wildman–Crippen LogP) is 1.32. The van der Waals surface area contributed by atoms with Crippen molar-refractivity contribution in [2.75, 3.05) is 46.3 Å². The molecule has 1 heterocycles. The summed E-state index contributed by atoms with van der Waals surface area (Å²) in [5, 5.41) is 11.7. The van der Waals surface area contributed by atoms with E-state index in [4.69, 9.17) is 5.26 Å². The molecule has 0 unspecified atom stereocenters. The third kappa shape index (κ3) is 5.14. The van der Waals surface area contributed by atoms with Crippen LogP contribution in [0.25, 0.3) is 0 Å². The molecule has 1 amide bonds. The normalized spacial score (nSPS) is 16.2. The number of likely N-dealkylation sites (N-methyl/N-ethyl adjacent to an activating group) is 1. The van der Waals surface area contributed by atoms with Crippen LogP contribution in [0, 0.1) is 11.3 Å². The number of hydrogen-bond donors (Lipinski definition) is 1. The molecule has 2 rings (SSSR count). The molecule has 5 heteroatoms. The molecule has 1 saturated heterocycles. The minimum absolute atomic E-state index is 0.0657. The number of nitrogens with zero attached hydrogens (tertiary/aromatic N) is 3. The highest BCUT2D eigenvalue weighted by molar-refractivity contribution is 5.94. The maximum atomic E-state index is 11.9. The summed E-state index contributed by atoms with van der Waals surface area (Å²) in [6.45, 7) is 6.40. The Bertz CT molecular complexity index is 512. The first-order valence-electron chi connectivity index (χ1n) is 7.88. The van der Waals surface area contributed by atoms with Gasteiger partial charge in [0.2, 0.25) is 0 Å². The summed E-state index contributed by atoms with van der Waals surface area (Å²) in [5.74, 6) is -0.0657. The van der Waals surface area contributed by atoms with Crippen molar-refractivity contribution in [1.82, 2.24) is 15.1 Å². The molecule has 0 saturated carbocycles. The van der Waals surface area contributed by atoms with Gasteiger partial charge in [0.15, 0.2) is 0 Å². The first-order chi connectivity index (χ1) is 10.7. The van der Waals surface area contributed by atoms with E-state index in [9.17, 15) is 4.79 Å².